The molecule has 2 rings (SSSR count). The van der Waals surface area contributed by atoms with Crippen LogP contribution < -0.4 is 5.32 Å². The number of thiazole rings is 1. The Morgan fingerprint density at radius 1 is 1.50 bits per heavy atom. The molecular weight excluding hydrogens is 224 g/mol. The third-order valence-corrected chi connectivity index (χ3v) is 2.87. The summed E-state index contributed by atoms with van der Waals surface area (Å²) >= 11 is 1.58. The Kier molecular flexibility index (Phi) is 4.03. The molecule has 0 saturated heterocycles. The van der Waals surface area contributed by atoms with Crippen LogP contribution in [-0.4, -0.2) is 35.2 Å². The van der Waals surface area contributed by atoms with Gasteiger partial charge >= 0.3 is 0 Å². The lowest BCUT2D eigenvalue weighted by atomic mass is 10.4. The molecule has 0 bridgehead atoms. The highest BCUT2D eigenvalue weighted by atomic mass is 32.1. The molecule has 2 aromatic rings. The van der Waals surface area contributed by atoms with Gasteiger partial charge in [-0.1, -0.05) is 0 Å². The predicted octanol–water partition coefficient (Wildman–Crippen LogP) is 1.27. The van der Waals surface area contributed by atoms with Gasteiger partial charge in [-0.25, -0.2) is 4.98 Å². The van der Waals surface area contributed by atoms with Crippen molar-refractivity contribution in [2.24, 2.45) is 0 Å². The summed E-state index contributed by atoms with van der Waals surface area (Å²) in [5.74, 6) is 0.881. The number of H-pyrrole nitrogens is 1. The minimum Gasteiger partial charge on any atom is -0.383 e. The van der Waals surface area contributed by atoms with E-state index < -0.39 is 0 Å². The molecule has 0 aromatic carbocycles. The first kappa shape index (κ1) is 11.3. The standard InChI is InChI=1S/C10H14N4OS/c1-15-3-2-11-4-8-5-13-10(14-8)9-6-12-7-16-9/h5-7,11H,2-4H2,1H3,(H,13,14). The monoisotopic (exact) mass is 238 g/mol. The molecule has 86 valence electrons. The second-order valence-corrected chi connectivity index (χ2v) is 4.18. The smallest absolute Gasteiger partial charge is 0.149 e. The van der Waals surface area contributed by atoms with E-state index in [2.05, 4.69) is 20.3 Å². The zero-order valence-corrected chi connectivity index (χ0v) is 9.88. The van der Waals surface area contributed by atoms with Crippen molar-refractivity contribution < 1.29 is 4.74 Å². The van der Waals surface area contributed by atoms with Crippen LogP contribution in [-0.2, 0) is 11.3 Å². The number of imidazole rings is 1. The third-order valence-electron chi connectivity index (χ3n) is 2.09. The highest BCUT2D eigenvalue weighted by Gasteiger charge is 2.04. The van der Waals surface area contributed by atoms with Gasteiger partial charge < -0.3 is 15.0 Å². The number of nitrogens with zero attached hydrogens (tertiary/aromatic N) is 2. The minimum atomic E-state index is 0.718. The highest BCUT2D eigenvalue weighted by Crippen LogP contribution is 2.19. The summed E-state index contributed by atoms with van der Waals surface area (Å²) in [5, 5.41) is 3.25. The summed E-state index contributed by atoms with van der Waals surface area (Å²) in [6, 6.07) is 0. The summed E-state index contributed by atoms with van der Waals surface area (Å²) in [7, 11) is 1.69. The molecule has 0 saturated carbocycles. The molecule has 6 heteroatoms. The Morgan fingerprint density at radius 2 is 2.44 bits per heavy atom. The molecule has 0 radical (unpaired) electrons. The number of rotatable bonds is 6. The first-order chi connectivity index (χ1) is 7.90. The van der Waals surface area contributed by atoms with E-state index >= 15 is 0 Å². The van der Waals surface area contributed by atoms with Gasteiger partial charge in [0, 0.05) is 38.3 Å². The van der Waals surface area contributed by atoms with Crippen LogP contribution in [0.3, 0.4) is 0 Å². The molecule has 0 aliphatic rings. The van der Waals surface area contributed by atoms with Gasteiger partial charge in [-0.2, -0.15) is 0 Å². The van der Waals surface area contributed by atoms with Crippen molar-refractivity contribution in [3.05, 3.63) is 23.6 Å². The minimum absolute atomic E-state index is 0.718. The molecule has 0 spiro atoms. The summed E-state index contributed by atoms with van der Waals surface area (Å²) < 4.78 is 4.95. The maximum atomic E-state index is 4.95. The second kappa shape index (κ2) is 5.74. The van der Waals surface area contributed by atoms with E-state index in [1.54, 1.807) is 24.0 Å². The normalized spacial score (nSPS) is 10.8. The lowest BCUT2D eigenvalue weighted by Gasteiger charge is -2.00. The van der Waals surface area contributed by atoms with Crippen LogP contribution in [0.4, 0.5) is 0 Å². The van der Waals surface area contributed by atoms with E-state index in [9.17, 15) is 0 Å². The van der Waals surface area contributed by atoms with Gasteiger partial charge in [0.05, 0.1) is 17.0 Å². The lowest BCUT2D eigenvalue weighted by Crippen LogP contribution is -2.18. The zero-order chi connectivity index (χ0) is 11.2. The van der Waals surface area contributed by atoms with E-state index in [1.807, 2.05) is 12.4 Å². The molecule has 0 fully saturated rings. The van der Waals surface area contributed by atoms with Gasteiger partial charge in [0.15, 0.2) is 0 Å². The highest BCUT2D eigenvalue weighted by molar-refractivity contribution is 7.13. The molecule has 2 aromatic heterocycles. The zero-order valence-electron chi connectivity index (χ0n) is 9.06. The molecule has 2 N–H and O–H groups in total. The summed E-state index contributed by atoms with van der Waals surface area (Å²) in [4.78, 5) is 12.6. The Balaban J connectivity index is 1.88. The first-order valence-electron chi connectivity index (χ1n) is 5.02. The quantitative estimate of drug-likeness (QED) is 0.744. The number of aromatic amines is 1. The molecule has 0 aliphatic heterocycles. The van der Waals surface area contributed by atoms with Crippen molar-refractivity contribution in [1.29, 1.82) is 0 Å². The predicted molar refractivity (Wildman–Crippen MR) is 63.3 cm³/mol. The Labute approximate surface area is 97.9 Å². The maximum Gasteiger partial charge on any atom is 0.149 e. The van der Waals surface area contributed by atoms with Crippen LogP contribution in [0.5, 0.6) is 0 Å². The van der Waals surface area contributed by atoms with Crippen LogP contribution >= 0.6 is 11.3 Å². The number of hydrogen-bond donors (Lipinski definition) is 2. The lowest BCUT2D eigenvalue weighted by molar-refractivity contribution is 0.199. The van der Waals surface area contributed by atoms with Crippen molar-refractivity contribution in [2.45, 2.75) is 6.54 Å². The van der Waals surface area contributed by atoms with E-state index in [-0.39, 0.29) is 0 Å². The van der Waals surface area contributed by atoms with Gasteiger partial charge in [0.25, 0.3) is 0 Å². The van der Waals surface area contributed by atoms with Gasteiger partial charge in [-0.15, -0.1) is 11.3 Å². The summed E-state index contributed by atoms with van der Waals surface area (Å²) in [6.07, 6.45) is 3.65. The fourth-order valence-electron chi connectivity index (χ4n) is 1.30. The Bertz CT molecular complexity index is 412. The third kappa shape index (κ3) is 2.88. The average molecular weight is 238 g/mol. The van der Waals surface area contributed by atoms with Gasteiger partial charge in [0.2, 0.25) is 0 Å². The largest absolute Gasteiger partial charge is 0.383 e. The van der Waals surface area contributed by atoms with Crippen LogP contribution in [0.1, 0.15) is 5.69 Å². The number of hydrogen-bond acceptors (Lipinski definition) is 5. The van der Waals surface area contributed by atoms with Gasteiger partial charge in [0.1, 0.15) is 5.82 Å². The average Bonchev–Trinajstić information content (AvgIpc) is 2.94. The molecular formula is C10H14N4OS. The van der Waals surface area contributed by atoms with Crippen molar-refractivity contribution in [1.82, 2.24) is 20.3 Å². The molecule has 5 nitrogen and oxygen atoms in total. The molecule has 0 atom stereocenters. The second-order valence-electron chi connectivity index (χ2n) is 3.29. The van der Waals surface area contributed by atoms with Crippen LogP contribution in [0.15, 0.2) is 17.9 Å². The fraction of sp³-hybridized carbons (Fsp3) is 0.400. The SMILES string of the molecule is COCCNCc1cnc(-c2cncs2)[nH]1. The van der Waals surface area contributed by atoms with Crippen molar-refractivity contribution in [3.8, 4) is 10.7 Å². The van der Waals surface area contributed by atoms with E-state index in [0.717, 1.165) is 36.1 Å². The molecule has 16 heavy (non-hydrogen) atoms. The van der Waals surface area contributed by atoms with Gasteiger partial charge in [-0.05, 0) is 0 Å². The molecule has 0 unspecified atom stereocenters. The van der Waals surface area contributed by atoms with Crippen molar-refractivity contribution in [3.63, 3.8) is 0 Å². The van der Waals surface area contributed by atoms with Crippen LogP contribution in [0.25, 0.3) is 10.7 Å². The summed E-state index contributed by atoms with van der Waals surface area (Å²) in [6.45, 7) is 2.33. The first-order valence-corrected chi connectivity index (χ1v) is 5.90. The molecule has 0 amide bonds. The van der Waals surface area contributed by atoms with Crippen molar-refractivity contribution >= 4 is 11.3 Å². The Hall–Kier alpha value is -1.24. The van der Waals surface area contributed by atoms with E-state index in [4.69, 9.17) is 4.74 Å². The number of aromatic nitrogens is 3. The topological polar surface area (TPSA) is 62.8 Å². The number of nitrogens with one attached hydrogen (secondary N) is 2. The maximum absolute atomic E-state index is 4.95. The fourth-order valence-corrected chi connectivity index (χ4v) is 1.88. The summed E-state index contributed by atoms with van der Waals surface area (Å²) in [5.41, 5.74) is 2.87. The van der Waals surface area contributed by atoms with Gasteiger partial charge in [-0.3, -0.25) is 4.98 Å². The van der Waals surface area contributed by atoms with Crippen molar-refractivity contribution in [2.75, 3.05) is 20.3 Å². The number of ether oxygens (including phenoxy) is 1. The Morgan fingerprint density at radius 3 is 3.19 bits per heavy atom. The molecule has 0 aliphatic carbocycles. The van der Waals surface area contributed by atoms with E-state index in [0.29, 0.717) is 0 Å². The van der Waals surface area contributed by atoms with Crippen LogP contribution in [0, 0.1) is 0 Å². The van der Waals surface area contributed by atoms with E-state index in [1.165, 1.54) is 0 Å². The van der Waals surface area contributed by atoms with Crippen LogP contribution in [0.2, 0.25) is 0 Å². The molecule has 2 heterocycles. The number of methoxy groups -OCH3 is 1.